The van der Waals surface area contributed by atoms with Gasteiger partial charge in [-0.1, -0.05) is 0 Å². The summed E-state index contributed by atoms with van der Waals surface area (Å²) in [6.45, 7) is 0.679. The van der Waals surface area contributed by atoms with Crippen LogP contribution in [0.1, 0.15) is 5.82 Å². The van der Waals surface area contributed by atoms with E-state index in [0.29, 0.717) is 18.0 Å². The molecule has 0 saturated heterocycles. The molecule has 92 valence electrons. The smallest absolute Gasteiger partial charge is 0.364 e. The zero-order valence-electron chi connectivity index (χ0n) is 9.42. The predicted molar refractivity (Wildman–Crippen MR) is 64.4 cm³/mol. The lowest BCUT2D eigenvalue weighted by Gasteiger charge is -2.03. The summed E-state index contributed by atoms with van der Waals surface area (Å²) < 4.78 is 1.22. The van der Waals surface area contributed by atoms with Gasteiger partial charge in [0.1, 0.15) is 11.6 Å². The first kappa shape index (κ1) is 10.5. The van der Waals surface area contributed by atoms with Crippen LogP contribution in [0.4, 0.5) is 5.82 Å². The summed E-state index contributed by atoms with van der Waals surface area (Å²) in [5, 5.41) is 13.4. The number of nitrogens with zero attached hydrogens (tertiary/aromatic N) is 4. The average molecular weight is 245 g/mol. The lowest BCUT2D eigenvalue weighted by atomic mass is 10.4. The second-order valence-electron chi connectivity index (χ2n) is 3.73. The zero-order valence-corrected chi connectivity index (χ0v) is 9.42. The number of hydrogen-bond acceptors (Lipinski definition) is 5. The van der Waals surface area contributed by atoms with E-state index in [-0.39, 0.29) is 5.69 Å². The van der Waals surface area contributed by atoms with Crippen molar-refractivity contribution in [2.24, 2.45) is 0 Å². The van der Waals surface area contributed by atoms with E-state index < -0.39 is 0 Å². The Morgan fingerprint density at radius 1 is 1.39 bits per heavy atom. The normalized spacial score (nSPS) is 10.9. The maximum Gasteiger partial charge on any atom is 0.364 e. The highest BCUT2D eigenvalue weighted by Crippen LogP contribution is 2.02. The number of aromatic amines is 2. The lowest BCUT2D eigenvalue weighted by Crippen LogP contribution is -2.15. The molecule has 0 aliphatic carbocycles. The van der Waals surface area contributed by atoms with E-state index in [1.165, 1.54) is 4.52 Å². The monoisotopic (exact) mass is 245 g/mol. The molecular formula is C10H11N7O. The molecule has 0 aliphatic rings. The lowest BCUT2D eigenvalue weighted by molar-refractivity contribution is 0.862. The van der Waals surface area contributed by atoms with Crippen molar-refractivity contribution >= 4 is 11.5 Å². The first-order chi connectivity index (χ1) is 8.83. The Bertz CT molecular complexity index is 696. The highest BCUT2D eigenvalue weighted by atomic mass is 16.2. The Hall–Kier alpha value is -2.64. The number of aromatic nitrogens is 6. The van der Waals surface area contributed by atoms with Crippen molar-refractivity contribution in [3.63, 3.8) is 0 Å². The van der Waals surface area contributed by atoms with Crippen LogP contribution in [0.15, 0.2) is 29.3 Å². The molecule has 3 aromatic heterocycles. The molecule has 3 aromatic rings. The number of H-pyrrole nitrogens is 2. The van der Waals surface area contributed by atoms with Crippen LogP contribution in [0.25, 0.3) is 5.65 Å². The fraction of sp³-hybridized carbons (Fsp3) is 0.200. The van der Waals surface area contributed by atoms with E-state index in [2.05, 4.69) is 30.6 Å². The number of imidazole rings is 1. The van der Waals surface area contributed by atoms with E-state index in [9.17, 15) is 4.79 Å². The Morgan fingerprint density at radius 3 is 3.17 bits per heavy atom. The Balaban J connectivity index is 1.70. The molecular weight excluding hydrogens is 234 g/mol. The van der Waals surface area contributed by atoms with E-state index in [1.807, 2.05) is 0 Å². The first-order valence-electron chi connectivity index (χ1n) is 5.49. The molecule has 8 nitrogen and oxygen atoms in total. The van der Waals surface area contributed by atoms with Gasteiger partial charge in [0.05, 0.1) is 0 Å². The van der Waals surface area contributed by atoms with Gasteiger partial charge in [-0.3, -0.25) is 0 Å². The molecule has 3 heterocycles. The van der Waals surface area contributed by atoms with Gasteiger partial charge in [0.25, 0.3) is 0 Å². The minimum absolute atomic E-state index is 0.348. The Kier molecular flexibility index (Phi) is 2.52. The van der Waals surface area contributed by atoms with Gasteiger partial charge < -0.3 is 10.3 Å². The van der Waals surface area contributed by atoms with Crippen molar-refractivity contribution in [2.45, 2.75) is 6.42 Å². The van der Waals surface area contributed by atoms with E-state index >= 15 is 0 Å². The number of nitrogens with one attached hydrogen (secondary N) is 3. The van der Waals surface area contributed by atoms with Crippen LogP contribution in [0.3, 0.4) is 0 Å². The number of anilines is 1. The number of hydrogen-bond donors (Lipinski definition) is 3. The molecule has 0 atom stereocenters. The summed E-state index contributed by atoms with van der Waals surface area (Å²) in [5.74, 6) is 1.53. The fourth-order valence-electron chi connectivity index (χ4n) is 1.64. The molecule has 0 amide bonds. The summed E-state index contributed by atoms with van der Waals surface area (Å²) in [5.41, 5.74) is 0.149. The summed E-state index contributed by atoms with van der Waals surface area (Å²) in [6, 6.07) is 3.50. The van der Waals surface area contributed by atoms with Crippen molar-refractivity contribution in [2.75, 3.05) is 11.9 Å². The summed E-state index contributed by atoms with van der Waals surface area (Å²) in [4.78, 5) is 18.5. The largest absolute Gasteiger partial charge is 0.368 e. The van der Waals surface area contributed by atoms with Crippen molar-refractivity contribution < 1.29 is 0 Å². The van der Waals surface area contributed by atoms with Crippen LogP contribution >= 0.6 is 0 Å². The van der Waals surface area contributed by atoms with Gasteiger partial charge >= 0.3 is 5.69 Å². The van der Waals surface area contributed by atoms with E-state index in [1.54, 1.807) is 24.5 Å². The minimum atomic E-state index is -0.348. The average Bonchev–Trinajstić information content (AvgIpc) is 3.01. The molecule has 0 spiro atoms. The molecule has 0 aliphatic heterocycles. The minimum Gasteiger partial charge on any atom is -0.368 e. The van der Waals surface area contributed by atoms with Crippen LogP contribution in [-0.2, 0) is 6.42 Å². The van der Waals surface area contributed by atoms with Crippen molar-refractivity contribution in [3.05, 3.63) is 40.8 Å². The van der Waals surface area contributed by atoms with E-state index in [0.717, 1.165) is 12.2 Å². The third-order valence-electron chi connectivity index (χ3n) is 2.50. The van der Waals surface area contributed by atoms with Crippen LogP contribution in [0.2, 0.25) is 0 Å². The molecule has 0 bridgehead atoms. The van der Waals surface area contributed by atoms with Gasteiger partial charge in [0.2, 0.25) is 0 Å². The predicted octanol–water partition coefficient (Wildman–Crippen LogP) is -0.205. The van der Waals surface area contributed by atoms with Crippen LogP contribution in [0, 0.1) is 0 Å². The van der Waals surface area contributed by atoms with Crippen molar-refractivity contribution in [1.29, 1.82) is 0 Å². The molecule has 8 heteroatoms. The Morgan fingerprint density at radius 2 is 2.33 bits per heavy atom. The second-order valence-corrected chi connectivity index (χ2v) is 3.73. The van der Waals surface area contributed by atoms with Crippen LogP contribution in [0.5, 0.6) is 0 Å². The third-order valence-corrected chi connectivity index (χ3v) is 2.50. The van der Waals surface area contributed by atoms with Gasteiger partial charge in [-0.25, -0.2) is 14.9 Å². The van der Waals surface area contributed by atoms with Gasteiger partial charge in [0.15, 0.2) is 5.65 Å². The topological polar surface area (TPSA) is 104 Å². The zero-order chi connectivity index (χ0) is 12.4. The molecule has 0 fully saturated rings. The van der Waals surface area contributed by atoms with Crippen LogP contribution < -0.4 is 11.0 Å². The van der Waals surface area contributed by atoms with Gasteiger partial charge in [-0.05, 0) is 12.1 Å². The Labute approximate surface area is 101 Å². The summed E-state index contributed by atoms with van der Waals surface area (Å²) in [6.07, 6.45) is 4.25. The first-order valence-corrected chi connectivity index (χ1v) is 5.49. The quantitative estimate of drug-likeness (QED) is 0.590. The van der Waals surface area contributed by atoms with Crippen LogP contribution in [-0.4, -0.2) is 36.3 Å². The van der Waals surface area contributed by atoms with E-state index in [4.69, 9.17) is 0 Å². The number of rotatable bonds is 4. The standard InChI is InChI=1S/C10H11N7O/c18-10-15-14-9-2-1-8(16-17(9)10)11-4-3-7-12-5-6-13-7/h1-2,5-6H,3-4H2,(H,11,16)(H,12,13)(H,15,18). The van der Waals surface area contributed by atoms with Crippen molar-refractivity contribution in [1.82, 2.24) is 29.8 Å². The second kappa shape index (κ2) is 4.32. The highest BCUT2D eigenvalue weighted by Gasteiger charge is 2.02. The molecule has 3 rings (SSSR count). The van der Waals surface area contributed by atoms with Crippen molar-refractivity contribution in [3.8, 4) is 0 Å². The number of fused-ring (bicyclic) bond motifs is 1. The maximum atomic E-state index is 11.3. The fourth-order valence-corrected chi connectivity index (χ4v) is 1.64. The molecule has 3 N–H and O–H groups in total. The maximum absolute atomic E-state index is 11.3. The molecule has 0 saturated carbocycles. The SMILES string of the molecule is O=c1[nH]nc2ccc(NCCc3ncc[nH]3)nn12. The molecule has 18 heavy (non-hydrogen) atoms. The molecule has 0 unspecified atom stereocenters. The van der Waals surface area contributed by atoms with Gasteiger partial charge in [-0.2, -0.15) is 9.61 Å². The van der Waals surface area contributed by atoms with Gasteiger partial charge in [0, 0.05) is 25.4 Å². The highest BCUT2D eigenvalue weighted by molar-refractivity contribution is 5.42. The summed E-state index contributed by atoms with van der Waals surface area (Å²) in [7, 11) is 0. The van der Waals surface area contributed by atoms with Gasteiger partial charge in [-0.15, -0.1) is 5.10 Å². The third kappa shape index (κ3) is 1.95. The molecule has 0 radical (unpaired) electrons. The molecule has 0 aromatic carbocycles. The summed E-state index contributed by atoms with van der Waals surface area (Å²) >= 11 is 0.